The molecule has 2 aliphatic rings. The quantitative estimate of drug-likeness (QED) is 0.601. The molecule has 80 valence electrons. The number of hydrogen-bond acceptors (Lipinski definition) is 3. The Morgan fingerprint density at radius 2 is 2.29 bits per heavy atom. The van der Waals surface area contributed by atoms with E-state index in [2.05, 4.69) is 12.2 Å². The molecule has 0 aromatic rings. The Kier molecular flexibility index (Phi) is 2.74. The number of carbonyl (C=O) groups excluding carboxylic acids is 1. The Labute approximate surface area is 84.3 Å². The first-order chi connectivity index (χ1) is 6.68. The molecule has 2 unspecified atom stereocenters. The number of likely N-dealkylation sites (tertiary alicyclic amines) is 1. The monoisotopic (exact) mass is 198 g/mol. The van der Waals surface area contributed by atoms with Gasteiger partial charge >= 0.3 is 0 Å². The topological polar surface area (TPSA) is 52.6 Å². The summed E-state index contributed by atoms with van der Waals surface area (Å²) in [6, 6.07) is 0.292. The van der Waals surface area contributed by atoms with Crippen LogP contribution >= 0.6 is 0 Å². The second-order valence-electron chi connectivity index (χ2n) is 4.36. The minimum atomic E-state index is -0.302. The van der Waals surface area contributed by atoms with E-state index < -0.39 is 0 Å². The lowest BCUT2D eigenvalue weighted by atomic mass is 10.0. The third kappa shape index (κ3) is 1.77. The van der Waals surface area contributed by atoms with Crippen molar-refractivity contribution in [3.63, 3.8) is 0 Å². The molecular formula is C10H18N2O2. The lowest BCUT2D eigenvalue weighted by Gasteiger charge is -2.22. The molecule has 2 rings (SSSR count). The summed E-state index contributed by atoms with van der Waals surface area (Å²) >= 11 is 0. The Balaban J connectivity index is 1.94. The van der Waals surface area contributed by atoms with Crippen molar-refractivity contribution in [2.24, 2.45) is 5.92 Å². The minimum Gasteiger partial charge on any atom is -0.391 e. The molecule has 1 amide bonds. The summed E-state index contributed by atoms with van der Waals surface area (Å²) < 4.78 is 0. The summed E-state index contributed by atoms with van der Waals surface area (Å²) in [7, 11) is 0. The van der Waals surface area contributed by atoms with Gasteiger partial charge in [-0.15, -0.1) is 0 Å². The van der Waals surface area contributed by atoms with Crippen LogP contribution in [-0.4, -0.2) is 47.7 Å². The summed E-state index contributed by atoms with van der Waals surface area (Å²) in [5, 5.41) is 12.6. The van der Waals surface area contributed by atoms with Gasteiger partial charge in [-0.1, -0.05) is 0 Å². The average Bonchev–Trinajstić information content (AvgIpc) is 2.73. The van der Waals surface area contributed by atoms with Gasteiger partial charge in [-0.05, 0) is 26.3 Å². The first-order valence-electron chi connectivity index (χ1n) is 5.38. The van der Waals surface area contributed by atoms with Crippen molar-refractivity contribution in [2.45, 2.75) is 31.9 Å². The first kappa shape index (κ1) is 9.93. The first-order valence-corrected chi connectivity index (χ1v) is 5.38. The predicted molar refractivity (Wildman–Crippen MR) is 52.8 cm³/mol. The predicted octanol–water partition coefficient (Wildman–Crippen LogP) is -0.422. The SMILES string of the molecule is CC1NCCC1C(=O)N1CC[C@H](O)C1. The second-order valence-corrected chi connectivity index (χ2v) is 4.36. The van der Waals surface area contributed by atoms with Crippen molar-refractivity contribution in [2.75, 3.05) is 19.6 Å². The Morgan fingerprint density at radius 3 is 2.79 bits per heavy atom. The molecule has 2 aliphatic heterocycles. The number of β-amino-alcohol motifs (C(OH)–C–C–N with tert-alkyl or cyclic N) is 1. The van der Waals surface area contributed by atoms with E-state index in [9.17, 15) is 9.90 Å². The summed E-state index contributed by atoms with van der Waals surface area (Å²) in [5.41, 5.74) is 0. The highest BCUT2D eigenvalue weighted by Gasteiger charge is 2.35. The third-order valence-corrected chi connectivity index (χ3v) is 3.32. The number of carbonyl (C=O) groups is 1. The van der Waals surface area contributed by atoms with Gasteiger partial charge in [-0.2, -0.15) is 0 Å². The largest absolute Gasteiger partial charge is 0.391 e. The van der Waals surface area contributed by atoms with E-state index in [0.29, 0.717) is 12.6 Å². The van der Waals surface area contributed by atoms with E-state index in [1.165, 1.54) is 0 Å². The van der Waals surface area contributed by atoms with Crippen molar-refractivity contribution < 1.29 is 9.90 Å². The summed E-state index contributed by atoms with van der Waals surface area (Å²) in [6.07, 6.45) is 1.37. The Hall–Kier alpha value is -0.610. The van der Waals surface area contributed by atoms with E-state index in [4.69, 9.17) is 0 Å². The zero-order chi connectivity index (χ0) is 10.1. The van der Waals surface area contributed by atoms with Crippen LogP contribution in [-0.2, 0) is 4.79 Å². The summed E-state index contributed by atoms with van der Waals surface area (Å²) in [4.78, 5) is 13.8. The van der Waals surface area contributed by atoms with Crippen molar-refractivity contribution in [3.8, 4) is 0 Å². The number of aliphatic hydroxyl groups excluding tert-OH is 1. The van der Waals surface area contributed by atoms with Gasteiger partial charge in [0.05, 0.1) is 12.0 Å². The molecule has 0 aliphatic carbocycles. The van der Waals surface area contributed by atoms with Gasteiger partial charge in [-0.3, -0.25) is 4.79 Å². The van der Waals surface area contributed by atoms with Crippen LogP contribution in [0, 0.1) is 5.92 Å². The van der Waals surface area contributed by atoms with Gasteiger partial charge < -0.3 is 15.3 Å². The van der Waals surface area contributed by atoms with Gasteiger partial charge in [0, 0.05) is 19.1 Å². The zero-order valence-electron chi connectivity index (χ0n) is 8.57. The van der Waals surface area contributed by atoms with Gasteiger partial charge in [0.2, 0.25) is 5.91 Å². The van der Waals surface area contributed by atoms with Gasteiger partial charge in [-0.25, -0.2) is 0 Å². The van der Waals surface area contributed by atoms with Crippen molar-refractivity contribution >= 4 is 5.91 Å². The molecule has 2 saturated heterocycles. The van der Waals surface area contributed by atoms with Gasteiger partial charge in [0.15, 0.2) is 0 Å². The molecular weight excluding hydrogens is 180 g/mol. The van der Waals surface area contributed by atoms with Crippen LogP contribution in [0.3, 0.4) is 0 Å². The molecule has 3 atom stereocenters. The lowest BCUT2D eigenvalue weighted by molar-refractivity contribution is -0.134. The highest BCUT2D eigenvalue weighted by atomic mass is 16.3. The smallest absolute Gasteiger partial charge is 0.227 e. The number of rotatable bonds is 1. The molecule has 2 heterocycles. The molecule has 0 aromatic carbocycles. The van der Waals surface area contributed by atoms with Crippen LogP contribution in [0.4, 0.5) is 0 Å². The van der Waals surface area contributed by atoms with Gasteiger partial charge in [0.25, 0.3) is 0 Å². The van der Waals surface area contributed by atoms with Gasteiger partial charge in [0.1, 0.15) is 0 Å². The van der Waals surface area contributed by atoms with Crippen molar-refractivity contribution in [1.29, 1.82) is 0 Å². The minimum absolute atomic E-state index is 0.125. The normalized spacial score (nSPS) is 37.9. The fourth-order valence-corrected chi connectivity index (χ4v) is 2.37. The van der Waals surface area contributed by atoms with Crippen LogP contribution in [0.1, 0.15) is 19.8 Å². The molecule has 0 radical (unpaired) electrons. The van der Waals surface area contributed by atoms with E-state index in [-0.39, 0.29) is 17.9 Å². The molecule has 2 N–H and O–H groups in total. The summed E-state index contributed by atoms with van der Waals surface area (Å²) in [5.74, 6) is 0.347. The highest BCUT2D eigenvalue weighted by Crippen LogP contribution is 2.20. The van der Waals surface area contributed by atoms with E-state index in [0.717, 1.165) is 25.9 Å². The van der Waals surface area contributed by atoms with Crippen LogP contribution in [0.15, 0.2) is 0 Å². The average molecular weight is 198 g/mol. The fourth-order valence-electron chi connectivity index (χ4n) is 2.37. The number of amides is 1. The highest BCUT2D eigenvalue weighted by molar-refractivity contribution is 5.80. The lowest BCUT2D eigenvalue weighted by Crippen LogP contribution is -2.39. The second kappa shape index (κ2) is 3.87. The summed E-state index contributed by atoms with van der Waals surface area (Å²) in [6.45, 7) is 4.25. The number of hydrogen-bond donors (Lipinski definition) is 2. The molecule has 14 heavy (non-hydrogen) atoms. The zero-order valence-corrected chi connectivity index (χ0v) is 8.57. The molecule has 0 aromatic heterocycles. The van der Waals surface area contributed by atoms with Crippen molar-refractivity contribution in [1.82, 2.24) is 10.2 Å². The Bertz CT molecular complexity index is 232. The Morgan fingerprint density at radius 1 is 1.50 bits per heavy atom. The van der Waals surface area contributed by atoms with Crippen LogP contribution < -0.4 is 5.32 Å². The molecule has 0 saturated carbocycles. The van der Waals surface area contributed by atoms with Crippen molar-refractivity contribution in [3.05, 3.63) is 0 Å². The molecule has 2 fully saturated rings. The standard InChI is InChI=1S/C10H18N2O2/c1-7-9(2-4-11-7)10(14)12-5-3-8(13)6-12/h7-9,11,13H,2-6H2,1H3/t7?,8-,9?/m0/s1. The molecule has 0 spiro atoms. The third-order valence-electron chi connectivity index (χ3n) is 3.32. The molecule has 4 heteroatoms. The number of aliphatic hydroxyl groups is 1. The van der Waals surface area contributed by atoms with Crippen LogP contribution in [0.25, 0.3) is 0 Å². The van der Waals surface area contributed by atoms with Crippen LogP contribution in [0.2, 0.25) is 0 Å². The molecule has 4 nitrogen and oxygen atoms in total. The van der Waals surface area contributed by atoms with Crippen LogP contribution in [0.5, 0.6) is 0 Å². The van der Waals surface area contributed by atoms with E-state index in [1.54, 1.807) is 4.90 Å². The van der Waals surface area contributed by atoms with E-state index >= 15 is 0 Å². The number of nitrogens with one attached hydrogen (secondary N) is 1. The maximum atomic E-state index is 12.0. The maximum Gasteiger partial charge on any atom is 0.227 e. The fraction of sp³-hybridized carbons (Fsp3) is 0.900. The molecule has 0 bridgehead atoms. The van der Waals surface area contributed by atoms with E-state index in [1.807, 2.05) is 0 Å². The maximum absolute atomic E-state index is 12.0. The number of nitrogens with zero attached hydrogens (tertiary/aromatic N) is 1.